The Hall–Kier alpha value is -0.975. The molecule has 0 amide bonds. The first-order chi connectivity index (χ1) is 8.61. The van der Waals surface area contributed by atoms with Crippen LogP contribution in [0, 0.1) is 5.82 Å². The number of pyridine rings is 1. The van der Waals surface area contributed by atoms with E-state index in [1.807, 2.05) is 20.8 Å². The van der Waals surface area contributed by atoms with Crippen molar-refractivity contribution in [3.63, 3.8) is 0 Å². The molecule has 1 aromatic rings. The Kier molecular flexibility index (Phi) is 3.45. The largest absolute Gasteiger partial charge is 0.496 e. The summed E-state index contributed by atoms with van der Waals surface area (Å²) in [6, 6.07) is 1.30. The molecule has 0 bridgehead atoms. The Bertz CT molecular complexity index is 487. The summed E-state index contributed by atoms with van der Waals surface area (Å²) in [5.74, 6) is -0.561. The molecule has 1 saturated heterocycles. The molecule has 104 valence electrons. The van der Waals surface area contributed by atoms with Crippen molar-refractivity contribution in [2.75, 3.05) is 0 Å². The monoisotopic (exact) mass is 267 g/mol. The summed E-state index contributed by atoms with van der Waals surface area (Å²) < 4.78 is 25.3. The third-order valence-corrected chi connectivity index (χ3v) is 3.43. The summed E-state index contributed by atoms with van der Waals surface area (Å²) in [6.07, 6.45) is 1.39. The predicted octanol–water partition coefficient (Wildman–Crippen LogP) is 1.36. The molecule has 1 atom stereocenters. The van der Waals surface area contributed by atoms with Crippen molar-refractivity contribution in [2.45, 2.75) is 51.9 Å². The van der Waals surface area contributed by atoms with Crippen LogP contribution < -0.4 is 5.46 Å². The summed E-state index contributed by atoms with van der Waals surface area (Å²) >= 11 is 0. The summed E-state index contributed by atoms with van der Waals surface area (Å²) in [7, 11) is -0.622. The lowest BCUT2D eigenvalue weighted by atomic mass is 9.80. The Morgan fingerprint density at radius 3 is 2.53 bits per heavy atom. The second kappa shape index (κ2) is 4.54. The van der Waals surface area contributed by atoms with Crippen LogP contribution in [0.4, 0.5) is 4.39 Å². The average Bonchev–Trinajstić information content (AvgIpc) is 2.51. The Morgan fingerprint density at radius 1 is 1.47 bits per heavy atom. The van der Waals surface area contributed by atoms with Crippen molar-refractivity contribution in [3.8, 4) is 0 Å². The lowest BCUT2D eigenvalue weighted by molar-refractivity contribution is 0.0695. The zero-order chi connectivity index (χ0) is 14.4. The van der Waals surface area contributed by atoms with Crippen molar-refractivity contribution < 1.29 is 18.8 Å². The normalized spacial score (nSPS) is 22.9. The second-order valence-electron chi connectivity index (χ2n) is 5.99. The van der Waals surface area contributed by atoms with Gasteiger partial charge in [-0.3, -0.25) is 4.98 Å². The van der Waals surface area contributed by atoms with E-state index >= 15 is 0 Å². The number of halogens is 1. The maximum Gasteiger partial charge on any atom is 0.496 e. The third kappa shape index (κ3) is 2.80. The number of aromatic nitrogens is 1. The average molecular weight is 267 g/mol. The topological polar surface area (TPSA) is 51.6 Å². The van der Waals surface area contributed by atoms with Crippen LogP contribution in [0.25, 0.3) is 0 Å². The maximum absolute atomic E-state index is 14.0. The maximum atomic E-state index is 14.0. The van der Waals surface area contributed by atoms with Gasteiger partial charge < -0.3 is 14.4 Å². The summed E-state index contributed by atoms with van der Waals surface area (Å²) in [4.78, 5) is 3.98. The number of aliphatic hydroxyl groups is 1. The van der Waals surface area contributed by atoms with Gasteiger partial charge in [0.25, 0.3) is 0 Å². The molecule has 1 fully saturated rings. The van der Waals surface area contributed by atoms with E-state index in [9.17, 15) is 9.50 Å². The van der Waals surface area contributed by atoms with Crippen LogP contribution >= 0.6 is 0 Å². The van der Waals surface area contributed by atoms with Crippen LogP contribution in [-0.4, -0.2) is 28.9 Å². The Labute approximate surface area is 113 Å². The van der Waals surface area contributed by atoms with E-state index in [2.05, 4.69) is 4.98 Å². The zero-order valence-electron chi connectivity index (χ0n) is 11.9. The van der Waals surface area contributed by atoms with E-state index in [4.69, 9.17) is 9.31 Å². The standard InChI is InChI=1S/C13H19BFNO3/c1-8-13(4,5)19-14(18-8)9-6-10(15)11(16-7-9)12(2,3)17/h6-8,17H,1-5H3. The molecule has 1 unspecified atom stereocenters. The van der Waals surface area contributed by atoms with Gasteiger partial charge in [-0.25, -0.2) is 4.39 Å². The smallest absolute Gasteiger partial charge is 0.402 e. The first kappa shape index (κ1) is 14.4. The first-order valence-electron chi connectivity index (χ1n) is 6.33. The number of rotatable bonds is 2. The van der Waals surface area contributed by atoms with Crippen LogP contribution in [0.15, 0.2) is 12.3 Å². The molecule has 6 heteroatoms. The van der Waals surface area contributed by atoms with Crippen molar-refractivity contribution in [1.29, 1.82) is 0 Å². The van der Waals surface area contributed by atoms with Crippen molar-refractivity contribution in [2.24, 2.45) is 0 Å². The lowest BCUT2D eigenvalue weighted by Crippen LogP contribution is -2.36. The van der Waals surface area contributed by atoms with Gasteiger partial charge in [0, 0.05) is 11.7 Å². The molecular weight excluding hydrogens is 248 g/mol. The predicted molar refractivity (Wildman–Crippen MR) is 70.5 cm³/mol. The number of nitrogens with zero attached hydrogens (tertiary/aromatic N) is 1. The minimum atomic E-state index is -1.31. The van der Waals surface area contributed by atoms with Crippen LogP contribution in [0.1, 0.15) is 40.3 Å². The summed E-state index contributed by atoms with van der Waals surface area (Å²) in [6.45, 7) is 8.74. The van der Waals surface area contributed by atoms with Crippen LogP contribution in [-0.2, 0) is 14.9 Å². The van der Waals surface area contributed by atoms with Gasteiger partial charge in [0.15, 0.2) is 0 Å². The molecule has 0 aromatic carbocycles. The molecular formula is C13H19BFNO3. The van der Waals surface area contributed by atoms with Crippen molar-refractivity contribution >= 4 is 12.6 Å². The molecule has 1 aliphatic rings. The van der Waals surface area contributed by atoms with Gasteiger partial charge in [0.05, 0.1) is 11.7 Å². The molecule has 0 radical (unpaired) electrons. The van der Waals surface area contributed by atoms with Gasteiger partial charge in [0.2, 0.25) is 0 Å². The minimum Gasteiger partial charge on any atom is -0.402 e. The molecule has 1 N–H and O–H groups in total. The molecule has 4 nitrogen and oxygen atoms in total. The van der Waals surface area contributed by atoms with Gasteiger partial charge in [0.1, 0.15) is 17.1 Å². The van der Waals surface area contributed by atoms with Crippen molar-refractivity contribution in [1.82, 2.24) is 4.98 Å². The Balaban J connectivity index is 2.27. The van der Waals surface area contributed by atoms with Gasteiger partial charge in [-0.05, 0) is 40.7 Å². The SMILES string of the molecule is CC1OB(c2cnc(C(C)(C)O)c(F)c2)OC1(C)C. The fourth-order valence-corrected chi connectivity index (χ4v) is 1.93. The number of hydrogen-bond acceptors (Lipinski definition) is 4. The summed E-state index contributed by atoms with van der Waals surface area (Å²) in [5, 5.41) is 9.79. The highest BCUT2D eigenvalue weighted by atomic mass is 19.1. The third-order valence-electron chi connectivity index (χ3n) is 3.43. The van der Waals surface area contributed by atoms with Gasteiger partial charge in [-0.1, -0.05) is 0 Å². The van der Waals surface area contributed by atoms with E-state index in [0.29, 0.717) is 5.46 Å². The molecule has 2 heterocycles. The van der Waals surface area contributed by atoms with E-state index < -0.39 is 24.1 Å². The molecule has 0 aliphatic carbocycles. The quantitative estimate of drug-likeness (QED) is 0.822. The van der Waals surface area contributed by atoms with Crippen LogP contribution in [0.2, 0.25) is 0 Å². The van der Waals surface area contributed by atoms with Crippen molar-refractivity contribution in [3.05, 3.63) is 23.8 Å². The molecule has 0 saturated carbocycles. The molecule has 1 aliphatic heterocycles. The summed E-state index contributed by atoms with van der Waals surface area (Å²) in [5.41, 5.74) is -1.20. The molecule has 1 aromatic heterocycles. The van der Waals surface area contributed by atoms with Gasteiger partial charge >= 0.3 is 7.12 Å². The second-order valence-corrected chi connectivity index (χ2v) is 5.99. The highest BCUT2D eigenvalue weighted by molar-refractivity contribution is 6.61. The lowest BCUT2D eigenvalue weighted by Gasteiger charge is -2.21. The minimum absolute atomic E-state index is 0.0153. The molecule has 19 heavy (non-hydrogen) atoms. The molecule has 0 spiro atoms. The fraction of sp³-hybridized carbons (Fsp3) is 0.615. The van der Waals surface area contributed by atoms with Crippen LogP contribution in [0.3, 0.4) is 0 Å². The van der Waals surface area contributed by atoms with E-state index in [1.54, 1.807) is 0 Å². The Morgan fingerprint density at radius 2 is 2.11 bits per heavy atom. The molecule has 2 rings (SSSR count). The van der Waals surface area contributed by atoms with Gasteiger partial charge in [-0.15, -0.1) is 0 Å². The fourth-order valence-electron chi connectivity index (χ4n) is 1.93. The van der Waals surface area contributed by atoms with E-state index in [0.717, 1.165) is 0 Å². The zero-order valence-corrected chi connectivity index (χ0v) is 11.9. The first-order valence-corrected chi connectivity index (χ1v) is 6.33. The van der Waals surface area contributed by atoms with E-state index in [1.165, 1.54) is 26.1 Å². The van der Waals surface area contributed by atoms with E-state index in [-0.39, 0.29) is 11.8 Å². The highest BCUT2D eigenvalue weighted by Gasteiger charge is 2.44. The van der Waals surface area contributed by atoms with Gasteiger partial charge in [-0.2, -0.15) is 0 Å². The highest BCUT2D eigenvalue weighted by Crippen LogP contribution is 2.27. The van der Waals surface area contributed by atoms with Crippen LogP contribution in [0.5, 0.6) is 0 Å². The number of hydrogen-bond donors (Lipinski definition) is 1.